The fourth-order valence-electron chi connectivity index (χ4n) is 1.31. The molecule has 0 aliphatic rings. The summed E-state index contributed by atoms with van der Waals surface area (Å²) in [6, 6.07) is 8.00. The van der Waals surface area contributed by atoms with Crippen LogP contribution in [0.5, 0.6) is 0 Å². The number of hydrogen-bond acceptors (Lipinski definition) is 2. The largest absolute Gasteiger partial charge is 0.506 e. The molecule has 0 atom stereocenters. The van der Waals surface area contributed by atoms with Gasteiger partial charge in [-0.25, -0.2) is 0 Å². The molecular formula is C14H17NO. The maximum Gasteiger partial charge on any atom is 0.136 e. The lowest BCUT2D eigenvalue weighted by molar-refractivity contribution is 0.421. The zero-order valence-electron chi connectivity index (χ0n) is 9.94. The molecule has 0 unspecified atom stereocenters. The lowest BCUT2D eigenvalue weighted by Gasteiger charge is -2.00. The molecule has 0 aliphatic heterocycles. The van der Waals surface area contributed by atoms with E-state index in [9.17, 15) is 5.11 Å². The van der Waals surface area contributed by atoms with Crippen LogP contribution in [0.15, 0.2) is 52.9 Å². The summed E-state index contributed by atoms with van der Waals surface area (Å²) in [6.45, 7) is 5.67. The first kappa shape index (κ1) is 12.2. The van der Waals surface area contributed by atoms with Crippen LogP contribution in [0.1, 0.15) is 25.0 Å². The Morgan fingerprint density at radius 2 is 1.88 bits per heavy atom. The molecule has 0 fully saturated rings. The average Bonchev–Trinajstić information content (AvgIpc) is 2.31. The quantitative estimate of drug-likeness (QED) is 0.464. The summed E-state index contributed by atoms with van der Waals surface area (Å²) < 4.78 is 0. The predicted octanol–water partition coefficient (Wildman–Crippen LogP) is 3.78. The van der Waals surface area contributed by atoms with Gasteiger partial charge in [0.05, 0.1) is 0 Å². The van der Waals surface area contributed by atoms with Crippen molar-refractivity contribution >= 4 is 6.21 Å². The van der Waals surface area contributed by atoms with E-state index in [-0.39, 0.29) is 5.76 Å². The molecule has 1 N–H and O–H groups in total. The van der Waals surface area contributed by atoms with Crippen molar-refractivity contribution in [3.05, 3.63) is 59.0 Å². The molecule has 0 amide bonds. The summed E-state index contributed by atoms with van der Waals surface area (Å²) >= 11 is 0. The molecular weight excluding hydrogens is 198 g/mol. The number of nitrogens with zero attached hydrogens (tertiary/aromatic N) is 1. The maximum absolute atomic E-state index is 9.54. The average molecular weight is 215 g/mol. The van der Waals surface area contributed by atoms with E-state index in [2.05, 4.69) is 4.99 Å². The van der Waals surface area contributed by atoms with Crippen LogP contribution >= 0.6 is 0 Å². The number of hydrogen-bond donors (Lipinski definition) is 1. The molecule has 0 aromatic heterocycles. The van der Waals surface area contributed by atoms with Crippen LogP contribution in [0.2, 0.25) is 0 Å². The fraction of sp³-hybridized carbons (Fsp3) is 0.214. The minimum Gasteiger partial charge on any atom is -0.506 e. The molecule has 84 valence electrons. The third-order valence-corrected chi connectivity index (χ3v) is 2.34. The van der Waals surface area contributed by atoms with Crippen molar-refractivity contribution < 1.29 is 5.11 Å². The van der Waals surface area contributed by atoms with Crippen LogP contribution in [0.4, 0.5) is 0 Å². The van der Waals surface area contributed by atoms with Crippen molar-refractivity contribution in [3.8, 4) is 0 Å². The summed E-state index contributed by atoms with van der Waals surface area (Å²) in [6.07, 6.45) is 5.18. The number of aliphatic hydroxyl groups is 1. The highest BCUT2D eigenvalue weighted by atomic mass is 16.3. The summed E-state index contributed by atoms with van der Waals surface area (Å²) in [5, 5.41) is 9.54. The van der Waals surface area contributed by atoms with E-state index in [0.717, 1.165) is 5.56 Å². The van der Waals surface area contributed by atoms with Gasteiger partial charge in [-0.1, -0.05) is 30.3 Å². The summed E-state index contributed by atoms with van der Waals surface area (Å²) in [5.74, 6) is 0.201. The molecule has 2 heteroatoms. The lowest BCUT2D eigenvalue weighted by atomic mass is 10.1. The number of rotatable bonds is 3. The van der Waals surface area contributed by atoms with Gasteiger partial charge in [0.25, 0.3) is 0 Å². The first-order valence-electron chi connectivity index (χ1n) is 5.30. The molecule has 0 bridgehead atoms. The Balaban J connectivity index is 2.93. The minimum atomic E-state index is 0.201. The molecule has 1 aromatic carbocycles. The molecule has 0 saturated heterocycles. The van der Waals surface area contributed by atoms with Gasteiger partial charge >= 0.3 is 0 Å². The Morgan fingerprint density at radius 3 is 2.44 bits per heavy atom. The molecule has 16 heavy (non-hydrogen) atoms. The number of aliphatic imine (C=N–C) groups is 1. The fourth-order valence-corrected chi connectivity index (χ4v) is 1.31. The van der Waals surface area contributed by atoms with Gasteiger partial charge in [0.2, 0.25) is 0 Å². The molecule has 0 heterocycles. The Labute approximate surface area is 96.7 Å². The SMILES string of the molecule is C/C=C(O)\C(=C/C)N=Cc1ccccc1C. The van der Waals surface area contributed by atoms with E-state index in [4.69, 9.17) is 0 Å². The zero-order valence-corrected chi connectivity index (χ0v) is 9.94. The first-order valence-corrected chi connectivity index (χ1v) is 5.30. The maximum atomic E-state index is 9.54. The second-order valence-corrected chi connectivity index (χ2v) is 3.46. The van der Waals surface area contributed by atoms with Crippen LogP contribution in [0, 0.1) is 6.92 Å². The second-order valence-electron chi connectivity index (χ2n) is 3.46. The second kappa shape index (κ2) is 5.91. The summed E-state index contributed by atoms with van der Waals surface area (Å²) in [4.78, 5) is 4.26. The van der Waals surface area contributed by atoms with Gasteiger partial charge in [-0.15, -0.1) is 0 Å². The molecule has 1 rings (SSSR count). The minimum absolute atomic E-state index is 0.201. The van der Waals surface area contributed by atoms with E-state index < -0.39 is 0 Å². The third kappa shape index (κ3) is 3.09. The van der Waals surface area contributed by atoms with E-state index in [1.54, 1.807) is 25.3 Å². The van der Waals surface area contributed by atoms with E-state index in [1.807, 2.05) is 38.1 Å². The number of allylic oxidation sites excluding steroid dienone is 2. The Morgan fingerprint density at radius 1 is 1.19 bits per heavy atom. The van der Waals surface area contributed by atoms with Crippen LogP contribution in [0.3, 0.4) is 0 Å². The zero-order chi connectivity index (χ0) is 12.0. The number of benzene rings is 1. The summed E-state index contributed by atoms with van der Waals surface area (Å²) in [5.41, 5.74) is 2.82. The highest BCUT2D eigenvalue weighted by Gasteiger charge is 1.98. The van der Waals surface area contributed by atoms with Crippen LogP contribution in [0.25, 0.3) is 0 Å². The highest BCUT2D eigenvalue weighted by molar-refractivity contribution is 5.82. The van der Waals surface area contributed by atoms with Gasteiger partial charge in [-0.05, 0) is 38.0 Å². The molecule has 0 aliphatic carbocycles. The smallest absolute Gasteiger partial charge is 0.136 e. The van der Waals surface area contributed by atoms with Crippen molar-refractivity contribution in [1.82, 2.24) is 0 Å². The number of aryl methyl sites for hydroxylation is 1. The Kier molecular flexibility index (Phi) is 4.52. The molecule has 2 nitrogen and oxygen atoms in total. The van der Waals surface area contributed by atoms with Gasteiger partial charge < -0.3 is 5.11 Å². The van der Waals surface area contributed by atoms with Crippen LogP contribution in [-0.4, -0.2) is 11.3 Å². The first-order chi connectivity index (χ1) is 7.69. The summed E-state index contributed by atoms with van der Waals surface area (Å²) in [7, 11) is 0. The monoisotopic (exact) mass is 215 g/mol. The lowest BCUT2D eigenvalue weighted by Crippen LogP contribution is -1.89. The van der Waals surface area contributed by atoms with Gasteiger partial charge in [-0.2, -0.15) is 0 Å². The molecule has 0 radical (unpaired) electrons. The van der Waals surface area contributed by atoms with E-state index in [1.165, 1.54) is 5.56 Å². The molecule has 0 saturated carbocycles. The van der Waals surface area contributed by atoms with Gasteiger partial charge in [0, 0.05) is 6.21 Å². The third-order valence-electron chi connectivity index (χ3n) is 2.34. The molecule has 0 spiro atoms. The van der Waals surface area contributed by atoms with E-state index >= 15 is 0 Å². The predicted molar refractivity (Wildman–Crippen MR) is 68.9 cm³/mol. The number of aliphatic hydroxyl groups excluding tert-OH is 1. The van der Waals surface area contributed by atoms with Crippen molar-refractivity contribution in [2.75, 3.05) is 0 Å². The highest BCUT2D eigenvalue weighted by Crippen LogP contribution is 2.09. The van der Waals surface area contributed by atoms with Gasteiger partial charge in [-0.3, -0.25) is 4.99 Å². The van der Waals surface area contributed by atoms with E-state index in [0.29, 0.717) is 5.70 Å². The standard InChI is InChI=1S/C14H17NO/c1-4-13(14(16)5-2)15-10-12-9-7-6-8-11(12)3/h4-10,16H,1-3H3/b13-4+,14-5+,15-10?. The normalized spacial score (nSPS) is 13.4. The van der Waals surface area contributed by atoms with Crippen LogP contribution < -0.4 is 0 Å². The van der Waals surface area contributed by atoms with Crippen molar-refractivity contribution in [2.24, 2.45) is 4.99 Å². The Hall–Kier alpha value is -1.83. The van der Waals surface area contributed by atoms with Gasteiger partial charge in [0.15, 0.2) is 0 Å². The van der Waals surface area contributed by atoms with Crippen LogP contribution in [-0.2, 0) is 0 Å². The van der Waals surface area contributed by atoms with Crippen molar-refractivity contribution in [3.63, 3.8) is 0 Å². The van der Waals surface area contributed by atoms with Crippen molar-refractivity contribution in [1.29, 1.82) is 0 Å². The Bertz CT molecular complexity index is 442. The topological polar surface area (TPSA) is 32.6 Å². The van der Waals surface area contributed by atoms with Crippen molar-refractivity contribution in [2.45, 2.75) is 20.8 Å². The van der Waals surface area contributed by atoms with Gasteiger partial charge in [0.1, 0.15) is 11.5 Å². The molecule has 1 aromatic rings.